The molecule has 2 aromatic rings. The average molecular weight is 301 g/mol. The van der Waals surface area contributed by atoms with Gasteiger partial charge in [-0.3, -0.25) is 4.79 Å². The van der Waals surface area contributed by atoms with Crippen LogP contribution in [-0.2, 0) is 11.2 Å². The molecule has 0 aliphatic rings. The lowest BCUT2D eigenvalue weighted by molar-refractivity contribution is -0.120. The van der Waals surface area contributed by atoms with Crippen molar-refractivity contribution in [2.75, 3.05) is 13.2 Å². The molecule has 1 amide bonds. The van der Waals surface area contributed by atoms with Crippen molar-refractivity contribution >= 4 is 5.91 Å². The van der Waals surface area contributed by atoms with E-state index in [4.69, 9.17) is 5.11 Å². The number of benzene rings is 1. The number of nitrogens with zero attached hydrogens (tertiary/aromatic N) is 2. The molecule has 5 heteroatoms. The lowest BCUT2D eigenvalue weighted by Crippen LogP contribution is -2.35. The summed E-state index contributed by atoms with van der Waals surface area (Å²) in [6.45, 7) is 4.76. The molecular weight excluding hydrogens is 278 g/mol. The molecule has 118 valence electrons. The maximum atomic E-state index is 12.0. The third-order valence-electron chi connectivity index (χ3n) is 3.62. The first kappa shape index (κ1) is 16.2. The second-order valence-corrected chi connectivity index (χ2v) is 6.21. The molecule has 0 bridgehead atoms. The Hall–Kier alpha value is -2.14. The van der Waals surface area contributed by atoms with Gasteiger partial charge in [0.15, 0.2) is 0 Å². The quantitative estimate of drug-likeness (QED) is 0.821. The van der Waals surface area contributed by atoms with Crippen LogP contribution in [0.15, 0.2) is 42.7 Å². The van der Waals surface area contributed by atoms with Crippen molar-refractivity contribution in [2.24, 2.45) is 5.41 Å². The van der Waals surface area contributed by atoms with Crippen molar-refractivity contribution in [1.82, 2.24) is 15.1 Å². The summed E-state index contributed by atoms with van der Waals surface area (Å²) in [5.74, 6) is -0.00199. The van der Waals surface area contributed by atoms with E-state index in [1.165, 1.54) is 0 Å². The molecule has 1 aromatic carbocycles. The van der Waals surface area contributed by atoms with E-state index in [0.717, 1.165) is 11.3 Å². The average Bonchev–Trinajstić information content (AvgIpc) is 3.00. The monoisotopic (exact) mass is 301 g/mol. The number of aliphatic hydroxyl groups is 1. The number of rotatable bonds is 7. The largest absolute Gasteiger partial charge is 0.396 e. The third-order valence-corrected chi connectivity index (χ3v) is 3.62. The Labute approximate surface area is 131 Å². The molecule has 0 unspecified atom stereocenters. The number of aliphatic hydroxyl groups excluding tert-OH is 1. The first-order valence-electron chi connectivity index (χ1n) is 7.47. The van der Waals surface area contributed by atoms with Crippen LogP contribution in [0.5, 0.6) is 0 Å². The Bertz CT molecular complexity index is 589. The van der Waals surface area contributed by atoms with Gasteiger partial charge in [0.1, 0.15) is 0 Å². The van der Waals surface area contributed by atoms with Crippen molar-refractivity contribution in [1.29, 1.82) is 0 Å². The van der Waals surface area contributed by atoms with Crippen LogP contribution >= 0.6 is 0 Å². The summed E-state index contributed by atoms with van der Waals surface area (Å²) in [5, 5.41) is 16.1. The number of hydrogen-bond acceptors (Lipinski definition) is 3. The highest BCUT2D eigenvalue weighted by atomic mass is 16.3. The van der Waals surface area contributed by atoms with Crippen LogP contribution in [0.3, 0.4) is 0 Å². The standard InChI is InChI=1S/C17H23N3O2/c1-17(2,8-11-21)13-18-16(22)12-14-4-6-15(7-5-14)20-10-3-9-19-20/h3-7,9-10,21H,8,11-13H2,1-2H3,(H,18,22). The molecule has 2 rings (SSSR count). The molecule has 0 aliphatic heterocycles. The molecule has 0 spiro atoms. The Morgan fingerprint density at radius 1 is 1.32 bits per heavy atom. The summed E-state index contributed by atoms with van der Waals surface area (Å²) >= 11 is 0. The number of carbonyl (C=O) groups is 1. The van der Waals surface area contributed by atoms with E-state index in [1.807, 2.05) is 50.4 Å². The first-order valence-corrected chi connectivity index (χ1v) is 7.47. The summed E-state index contributed by atoms with van der Waals surface area (Å²) in [7, 11) is 0. The van der Waals surface area contributed by atoms with Gasteiger partial charge in [-0.25, -0.2) is 4.68 Å². The maximum absolute atomic E-state index is 12.0. The Morgan fingerprint density at radius 2 is 2.05 bits per heavy atom. The van der Waals surface area contributed by atoms with Gasteiger partial charge in [0.25, 0.3) is 0 Å². The lowest BCUT2D eigenvalue weighted by atomic mass is 9.89. The zero-order chi connectivity index (χ0) is 16.0. The molecule has 5 nitrogen and oxygen atoms in total. The minimum Gasteiger partial charge on any atom is -0.396 e. The topological polar surface area (TPSA) is 67.2 Å². The zero-order valence-corrected chi connectivity index (χ0v) is 13.1. The second kappa shape index (κ2) is 7.22. The number of nitrogens with one attached hydrogen (secondary N) is 1. The minimum atomic E-state index is -0.0889. The molecule has 1 heterocycles. The summed E-state index contributed by atoms with van der Waals surface area (Å²) in [5.41, 5.74) is 1.85. The van der Waals surface area contributed by atoms with Crippen LogP contribution in [0.2, 0.25) is 0 Å². The van der Waals surface area contributed by atoms with E-state index in [9.17, 15) is 4.79 Å². The van der Waals surface area contributed by atoms with Crippen molar-refractivity contribution in [2.45, 2.75) is 26.7 Å². The zero-order valence-electron chi connectivity index (χ0n) is 13.1. The molecule has 0 fully saturated rings. The molecule has 0 radical (unpaired) electrons. The van der Waals surface area contributed by atoms with Crippen molar-refractivity contribution in [3.63, 3.8) is 0 Å². The Morgan fingerprint density at radius 3 is 2.64 bits per heavy atom. The van der Waals surface area contributed by atoms with Crippen molar-refractivity contribution < 1.29 is 9.90 Å². The van der Waals surface area contributed by atoms with Gasteiger partial charge in [-0.2, -0.15) is 5.10 Å². The van der Waals surface area contributed by atoms with Crippen LogP contribution in [0.1, 0.15) is 25.8 Å². The molecule has 22 heavy (non-hydrogen) atoms. The van der Waals surface area contributed by atoms with E-state index in [0.29, 0.717) is 19.4 Å². The van der Waals surface area contributed by atoms with Gasteiger partial charge in [-0.15, -0.1) is 0 Å². The molecule has 2 N–H and O–H groups in total. The summed E-state index contributed by atoms with van der Waals surface area (Å²) in [6, 6.07) is 9.65. The van der Waals surface area contributed by atoms with E-state index in [1.54, 1.807) is 10.9 Å². The number of amides is 1. The molecule has 1 aromatic heterocycles. The number of carbonyl (C=O) groups excluding carboxylic acids is 1. The highest BCUT2D eigenvalue weighted by Crippen LogP contribution is 2.18. The Kier molecular flexibility index (Phi) is 5.33. The lowest BCUT2D eigenvalue weighted by Gasteiger charge is -2.23. The molecule has 0 aliphatic carbocycles. The third kappa shape index (κ3) is 4.70. The van der Waals surface area contributed by atoms with E-state index >= 15 is 0 Å². The predicted molar refractivity (Wildman–Crippen MR) is 85.8 cm³/mol. The van der Waals surface area contributed by atoms with Gasteiger partial charge in [-0.1, -0.05) is 26.0 Å². The van der Waals surface area contributed by atoms with Gasteiger partial charge in [0.05, 0.1) is 12.1 Å². The SMILES string of the molecule is CC(C)(CCO)CNC(=O)Cc1ccc(-n2cccn2)cc1. The molecular formula is C17H23N3O2. The molecule has 0 saturated carbocycles. The fourth-order valence-electron chi connectivity index (χ4n) is 2.16. The van der Waals surface area contributed by atoms with Crippen LogP contribution in [0, 0.1) is 5.41 Å². The van der Waals surface area contributed by atoms with Crippen LogP contribution in [0.4, 0.5) is 0 Å². The number of hydrogen-bond donors (Lipinski definition) is 2. The normalized spacial score (nSPS) is 11.4. The predicted octanol–water partition coefficient (Wildman–Crippen LogP) is 1.94. The van der Waals surface area contributed by atoms with Gasteiger partial charge < -0.3 is 10.4 Å². The van der Waals surface area contributed by atoms with Crippen LogP contribution in [-0.4, -0.2) is 33.9 Å². The molecule has 0 atom stereocenters. The fraction of sp³-hybridized carbons (Fsp3) is 0.412. The van der Waals surface area contributed by atoms with E-state index in [-0.39, 0.29) is 17.9 Å². The fourth-order valence-corrected chi connectivity index (χ4v) is 2.16. The molecule has 0 saturated heterocycles. The summed E-state index contributed by atoms with van der Waals surface area (Å²) in [6.07, 6.45) is 4.64. The first-order chi connectivity index (χ1) is 10.5. The smallest absolute Gasteiger partial charge is 0.224 e. The summed E-state index contributed by atoms with van der Waals surface area (Å²) in [4.78, 5) is 12.0. The van der Waals surface area contributed by atoms with E-state index < -0.39 is 0 Å². The number of aromatic nitrogens is 2. The minimum absolute atomic E-state index is 0.00199. The van der Waals surface area contributed by atoms with Crippen LogP contribution < -0.4 is 5.32 Å². The second-order valence-electron chi connectivity index (χ2n) is 6.21. The van der Waals surface area contributed by atoms with Gasteiger partial charge >= 0.3 is 0 Å². The Balaban J connectivity index is 1.87. The van der Waals surface area contributed by atoms with Crippen molar-refractivity contribution in [3.8, 4) is 5.69 Å². The van der Waals surface area contributed by atoms with Crippen LogP contribution in [0.25, 0.3) is 5.69 Å². The highest BCUT2D eigenvalue weighted by Gasteiger charge is 2.18. The van der Waals surface area contributed by atoms with Crippen molar-refractivity contribution in [3.05, 3.63) is 48.3 Å². The van der Waals surface area contributed by atoms with Gasteiger partial charge in [0, 0.05) is 25.5 Å². The maximum Gasteiger partial charge on any atom is 0.224 e. The summed E-state index contributed by atoms with van der Waals surface area (Å²) < 4.78 is 1.78. The van der Waals surface area contributed by atoms with Gasteiger partial charge in [-0.05, 0) is 35.6 Å². The van der Waals surface area contributed by atoms with E-state index in [2.05, 4.69) is 10.4 Å². The van der Waals surface area contributed by atoms with Gasteiger partial charge in [0.2, 0.25) is 5.91 Å². The highest BCUT2D eigenvalue weighted by molar-refractivity contribution is 5.78.